The number of aryl methyl sites for hydroxylation is 1. The van der Waals surface area contributed by atoms with Gasteiger partial charge in [0.2, 0.25) is 12.7 Å². The number of carbonyl (C=O) groups excluding carboxylic acids is 2. The van der Waals surface area contributed by atoms with E-state index in [4.69, 9.17) is 14.2 Å². The smallest absolute Gasteiger partial charge is 0.260 e. The number of nitrogens with zero attached hydrogens (tertiary/aromatic N) is 1. The van der Waals surface area contributed by atoms with Gasteiger partial charge in [0, 0.05) is 30.8 Å². The molecule has 30 heavy (non-hydrogen) atoms. The van der Waals surface area contributed by atoms with Crippen molar-refractivity contribution in [2.75, 3.05) is 31.8 Å². The molecular weight excluding hydrogens is 384 g/mol. The fraction of sp³-hybridized carbons (Fsp3) is 0.391. The van der Waals surface area contributed by atoms with Crippen LogP contribution >= 0.6 is 0 Å². The molecule has 2 aromatic carbocycles. The number of rotatable bonds is 6. The van der Waals surface area contributed by atoms with Crippen molar-refractivity contribution in [2.24, 2.45) is 5.92 Å². The lowest BCUT2D eigenvalue weighted by Crippen LogP contribution is -2.43. The molecule has 0 spiro atoms. The molecule has 2 heterocycles. The summed E-state index contributed by atoms with van der Waals surface area (Å²) < 4.78 is 16.2. The maximum Gasteiger partial charge on any atom is 0.260 e. The molecule has 4 rings (SSSR count). The van der Waals surface area contributed by atoms with Crippen LogP contribution in [0, 0.1) is 5.92 Å². The fourth-order valence-electron chi connectivity index (χ4n) is 3.67. The molecule has 0 atom stereocenters. The van der Waals surface area contributed by atoms with Crippen molar-refractivity contribution >= 4 is 17.5 Å². The van der Waals surface area contributed by atoms with Gasteiger partial charge in [-0.25, -0.2) is 0 Å². The average molecular weight is 410 g/mol. The Kier molecular flexibility index (Phi) is 6.07. The Morgan fingerprint density at radius 2 is 1.80 bits per heavy atom. The number of anilines is 1. The monoisotopic (exact) mass is 410 g/mol. The maximum absolute atomic E-state index is 12.6. The summed E-state index contributed by atoms with van der Waals surface area (Å²) in [6, 6.07) is 13.1. The van der Waals surface area contributed by atoms with E-state index in [9.17, 15) is 9.59 Å². The summed E-state index contributed by atoms with van der Waals surface area (Å²) in [5.41, 5.74) is 1.92. The summed E-state index contributed by atoms with van der Waals surface area (Å²) in [7, 11) is 0. The first kappa shape index (κ1) is 20.1. The number of fused-ring (bicyclic) bond motifs is 1. The molecule has 0 aromatic heterocycles. The van der Waals surface area contributed by atoms with Gasteiger partial charge in [-0.15, -0.1) is 0 Å². The second-order valence-corrected chi connectivity index (χ2v) is 7.50. The van der Waals surface area contributed by atoms with Crippen LogP contribution in [0.1, 0.15) is 25.3 Å². The first-order valence-electron chi connectivity index (χ1n) is 10.3. The van der Waals surface area contributed by atoms with Crippen LogP contribution in [-0.2, 0) is 16.0 Å². The highest BCUT2D eigenvalue weighted by molar-refractivity contribution is 5.93. The summed E-state index contributed by atoms with van der Waals surface area (Å²) in [4.78, 5) is 26.8. The summed E-state index contributed by atoms with van der Waals surface area (Å²) >= 11 is 0. The van der Waals surface area contributed by atoms with Gasteiger partial charge in [-0.2, -0.15) is 0 Å². The first-order valence-corrected chi connectivity index (χ1v) is 10.3. The van der Waals surface area contributed by atoms with Crippen LogP contribution in [0.15, 0.2) is 42.5 Å². The second kappa shape index (κ2) is 9.07. The Morgan fingerprint density at radius 1 is 1.07 bits per heavy atom. The van der Waals surface area contributed by atoms with Crippen LogP contribution in [0.5, 0.6) is 17.2 Å². The lowest BCUT2D eigenvalue weighted by Gasteiger charge is -2.31. The van der Waals surface area contributed by atoms with Crippen LogP contribution < -0.4 is 19.5 Å². The number of benzene rings is 2. The third-order valence-electron chi connectivity index (χ3n) is 5.55. The van der Waals surface area contributed by atoms with E-state index < -0.39 is 0 Å². The summed E-state index contributed by atoms with van der Waals surface area (Å²) in [6.45, 7) is 3.41. The highest BCUT2D eigenvalue weighted by Crippen LogP contribution is 2.34. The number of piperidine rings is 1. The molecule has 0 unspecified atom stereocenters. The minimum absolute atomic E-state index is 0.0134. The second-order valence-electron chi connectivity index (χ2n) is 7.50. The average Bonchev–Trinajstić information content (AvgIpc) is 3.26. The molecule has 1 fully saturated rings. The third-order valence-corrected chi connectivity index (χ3v) is 5.55. The van der Waals surface area contributed by atoms with Crippen LogP contribution in [0.25, 0.3) is 0 Å². The number of ether oxygens (including phenoxy) is 3. The van der Waals surface area contributed by atoms with Gasteiger partial charge in [0.25, 0.3) is 5.91 Å². The number of nitrogens with one attached hydrogen (secondary N) is 1. The van der Waals surface area contributed by atoms with Crippen molar-refractivity contribution in [1.29, 1.82) is 0 Å². The van der Waals surface area contributed by atoms with Crippen LogP contribution in [0.3, 0.4) is 0 Å². The highest BCUT2D eigenvalue weighted by atomic mass is 16.7. The van der Waals surface area contributed by atoms with E-state index in [0.717, 1.165) is 6.42 Å². The van der Waals surface area contributed by atoms with E-state index in [-0.39, 0.29) is 31.1 Å². The number of hydrogen-bond acceptors (Lipinski definition) is 5. The zero-order valence-corrected chi connectivity index (χ0v) is 17.1. The van der Waals surface area contributed by atoms with Crippen molar-refractivity contribution in [3.05, 3.63) is 48.0 Å². The number of likely N-dealkylation sites (tertiary alicyclic amines) is 1. The number of carbonyl (C=O) groups is 2. The Bertz CT molecular complexity index is 904. The molecule has 7 nitrogen and oxygen atoms in total. The topological polar surface area (TPSA) is 77.1 Å². The molecule has 2 aromatic rings. The molecule has 0 radical (unpaired) electrons. The molecule has 7 heteroatoms. The molecule has 1 N–H and O–H groups in total. The van der Waals surface area contributed by atoms with Crippen LogP contribution in [0.4, 0.5) is 5.69 Å². The normalized spacial score (nSPS) is 15.7. The standard InChI is InChI=1S/C23H26N2O5/c1-2-16-3-6-19(7-4-16)28-14-22(26)25-11-9-17(10-12-25)23(27)24-18-5-8-20-21(13-18)30-15-29-20/h3-8,13,17H,2,9-12,14-15H2,1H3,(H,24,27). The van der Waals surface area contributed by atoms with E-state index in [2.05, 4.69) is 12.2 Å². The predicted molar refractivity (Wildman–Crippen MR) is 112 cm³/mol. The summed E-state index contributed by atoms with van der Waals surface area (Å²) in [5, 5.41) is 2.94. The Morgan fingerprint density at radius 3 is 2.53 bits per heavy atom. The molecule has 0 bridgehead atoms. The predicted octanol–water partition coefficient (Wildman–Crippen LogP) is 3.23. The van der Waals surface area contributed by atoms with Gasteiger partial charge in [-0.3, -0.25) is 9.59 Å². The SMILES string of the molecule is CCc1ccc(OCC(=O)N2CCC(C(=O)Nc3ccc4c(c3)OCO4)CC2)cc1. The third kappa shape index (κ3) is 4.67. The largest absolute Gasteiger partial charge is 0.484 e. The molecular formula is C23H26N2O5. The van der Waals surface area contributed by atoms with Gasteiger partial charge in [0.1, 0.15) is 5.75 Å². The van der Waals surface area contributed by atoms with Gasteiger partial charge >= 0.3 is 0 Å². The molecule has 0 saturated carbocycles. The summed E-state index contributed by atoms with van der Waals surface area (Å²) in [6.07, 6.45) is 2.23. The van der Waals surface area contributed by atoms with Gasteiger partial charge in [0.15, 0.2) is 18.1 Å². The van der Waals surface area contributed by atoms with E-state index in [1.54, 1.807) is 23.1 Å². The molecule has 2 aliphatic heterocycles. The van der Waals surface area contributed by atoms with Crippen molar-refractivity contribution in [3.63, 3.8) is 0 Å². The molecule has 1 saturated heterocycles. The van der Waals surface area contributed by atoms with E-state index in [1.165, 1.54) is 5.56 Å². The van der Waals surface area contributed by atoms with Crippen LogP contribution in [0.2, 0.25) is 0 Å². The quantitative estimate of drug-likeness (QED) is 0.791. The summed E-state index contributed by atoms with van der Waals surface area (Å²) in [5.74, 6) is 1.80. The van der Waals surface area contributed by atoms with Crippen molar-refractivity contribution in [3.8, 4) is 17.2 Å². The van der Waals surface area contributed by atoms with Crippen molar-refractivity contribution in [2.45, 2.75) is 26.2 Å². The highest BCUT2D eigenvalue weighted by Gasteiger charge is 2.28. The first-order chi connectivity index (χ1) is 14.6. The molecule has 158 valence electrons. The minimum atomic E-state index is -0.123. The number of hydrogen-bond donors (Lipinski definition) is 1. The lowest BCUT2D eigenvalue weighted by molar-refractivity contribution is -0.136. The van der Waals surface area contributed by atoms with E-state index in [0.29, 0.717) is 48.9 Å². The van der Waals surface area contributed by atoms with Crippen LogP contribution in [-0.4, -0.2) is 43.2 Å². The van der Waals surface area contributed by atoms with Crippen molar-refractivity contribution in [1.82, 2.24) is 4.90 Å². The molecule has 2 amide bonds. The minimum Gasteiger partial charge on any atom is -0.484 e. The van der Waals surface area contributed by atoms with Gasteiger partial charge in [-0.1, -0.05) is 19.1 Å². The van der Waals surface area contributed by atoms with E-state index >= 15 is 0 Å². The number of amides is 2. The van der Waals surface area contributed by atoms with E-state index in [1.807, 2.05) is 24.3 Å². The lowest BCUT2D eigenvalue weighted by atomic mass is 9.95. The zero-order chi connectivity index (χ0) is 20.9. The Balaban J connectivity index is 1.22. The molecule has 0 aliphatic carbocycles. The van der Waals surface area contributed by atoms with Gasteiger partial charge in [-0.05, 0) is 49.1 Å². The molecule has 2 aliphatic rings. The van der Waals surface area contributed by atoms with Crippen molar-refractivity contribution < 1.29 is 23.8 Å². The maximum atomic E-state index is 12.6. The zero-order valence-electron chi connectivity index (χ0n) is 17.1. The van der Waals surface area contributed by atoms with Gasteiger partial charge < -0.3 is 24.4 Å². The fourth-order valence-corrected chi connectivity index (χ4v) is 3.67. The van der Waals surface area contributed by atoms with Gasteiger partial charge in [0.05, 0.1) is 0 Å². The Hall–Kier alpha value is -3.22. The Labute approximate surface area is 175 Å².